The van der Waals surface area contributed by atoms with Gasteiger partial charge < -0.3 is 0 Å². The normalized spacial score (nSPS) is 17.3. The number of rotatable bonds is 4. The highest BCUT2D eigenvalue weighted by atomic mass is 14.7. The third-order valence-corrected chi connectivity index (χ3v) is 3.25. The van der Waals surface area contributed by atoms with Crippen LogP contribution in [-0.4, -0.2) is 4.98 Å². The van der Waals surface area contributed by atoms with Crippen molar-refractivity contribution in [2.24, 2.45) is 5.92 Å². The van der Waals surface area contributed by atoms with Crippen LogP contribution >= 0.6 is 0 Å². The predicted octanol–water partition coefficient (Wildman–Crippen LogP) is 6.31. The van der Waals surface area contributed by atoms with Gasteiger partial charge in [-0.1, -0.05) is 68.2 Å². The highest BCUT2D eigenvalue weighted by Gasteiger charge is 1.96. The lowest BCUT2D eigenvalue weighted by Crippen LogP contribution is -1.87. The van der Waals surface area contributed by atoms with Crippen LogP contribution < -0.4 is 0 Å². The Morgan fingerprint density at radius 3 is 2.35 bits per heavy atom. The Balaban J connectivity index is 0.000000313. The molecule has 1 aliphatic rings. The van der Waals surface area contributed by atoms with Gasteiger partial charge in [-0.2, -0.15) is 0 Å². The van der Waals surface area contributed by atoms with Crippen LogP contribution in [0.5, 0.6) is 0 Å². The Morgan fingerprint density at radius 1 is 1.17 bits per heavy atom. The second kappa shape index (κ2) is 11.2. The first-order valence-corrected chi connectivity index (χ1v) is 8.08. The van der Waals surface area contributed by atoms with Gasteiger partial charge in [-0.05, 0) is 55.5 Å². The molecule has 1 aromatic rings. The third kappa shape index (κ3) is 7.96. The van der Waals surface area contributed by atoms with E-state index in [1.807, 2.05) is 62.4 Å². The van der Waals surface area contributed by atoms with Crippen molar-refractivity contribution in [2.75, 3.05) is 0 Å². The fourth-order valence-electron chi connectivity index (χ4n) is 2.07. The number of hydrogen-bond donors (Lipinski definition) is 0. The molecule has 0 fully saturated rings. The minimum Gasteiger partial charge on any atom is -0.256 e. The molecule has 0 bridgehead atoms. The molecule has 0 spiro atoms. The van der Waals surface area contributed by atoms with E-state index in [2.05, 4.69) is 42.8 Å². The van der Waals surface area contributed by atoms with Crippen LogP contribution in [0.2, 0.25) is 0 Å². The third-order valence-electron chi connectivity index (χ3n) is 3.25. The first-order chi connectivity index (χ1) is 11.2. The highest BCUT2D eigenvalue weighted by molar-refractivity contribution is 5.71. The van der Waals surface area contributed by atoms with Gasteiger partial charge in [0.1, 0.15) is 0 Å². The molecule has 1 atom stereocenters. The zero-order valence-electron chi connectivity index (χ0n) is 14.4. The van der Waals surface area contributed by atoms with Gasteiger partial charge in [0.15, 0.2) is 0 Å². The lowest BCUT2D eigenvalue weighted by molar-refractivity contribution is 0.737. The lowest BCUT2D eigenvalue weighted by Gasteiger charge is -2.02. The Kier molecular flexibility index (Phi) is 9.07. The van der Waals surface area contributed by atoms with Crippen molar-refractivity contribution in [2.45, 2.75) is 27.2 Å². The van der Waals surface area contributed by atoms with Crippen LogP contribution in [0.4, 0.5) is 0 Å². The molecular weight excluding hydrogens is 278 g/mol. The molecule has 0 saturated heterocycles. The lowest BCUT2D eigenvalue weighted by atomic mass is 10.0. The summed E-state index contributed by atoms with van der Waals surface area (Å²) in [5, 5.41) is 0. The molecule has 2 rings (SSSR count). The SMILES string of the molecule is C=C(C=C(/C=C\C)/C=C/C)c1ccccn1.CC1C=CC=CC1. The monoisotopic (exact) mass is 305 g/mol. The zero-order chi connectivity index (χ0) is 16.9. The summed E-state index contributed by atoms with van der Waals surface area (Å²) < 4.78 is 0. The van der Waals surface area contributed by atoms with E-state index in [4.69, 9.17) is 0 Å². The van der Waals surface area contributed by atoms with Gasteiger partial charge in [0.2, 0.25) is 0 Å². The van der Waals surface area contributed by atoms with Gasteiger partial charge in [-0.25, -0.2) is 0 Å². The second-order valence-electron chi connectivity index (χ2n) is 5.41. The van der Waals surface area contributed by atoms with Gasteiger partial charge in [0, 0.05) is 6.20 Å². The minimum absolute atomic E-state index is 0.769. The van der Waals surface area contributed by atoms with Crippen LogP contribution in [0.3, 0.4) is 0 Å². The zero-order valence-corrected chi connectivity index (χ0v) is 14.4. The van der Waals surface area contributed by atoms with E-state index in [0.717, 1.165) is 22.8 Å². The molecule has 1 aliphatic carbocycles. The van der Waals surface area contributed by atoms with E-state index < -0.39 is 0 Å². The summed E-state index contributed by atoms with van der Waals surface area (Å²) in [6.45, 7) is 10.2. The Hall–Kier alpha value is -2.41. The number of hydrogen-bond acceptors (Lipinski definition) is 1. The molecule has 0 saturated carbocycles. The minimum atomic E-state index is 0.769. The number of nitrogens with zero attached hydrogens (tertiary/aromatic N) is 1. The Morgan fingerprint density at radius 2 is 1.91 bits per heavy atom. The van der Waals surface area contributed by atoms with Crippen molar-refractivity contribution in [1.82, 2.24) is 4.98 Å². The van der Waals surface area contributed by atoms with Crippen LogP contribution in [-0.2, 0) is 0 Å². The number of pyridine rings is 1. The van der Waals surface area contributed by atoms with Gasteiger partial charge >= 0.3 is 0 Å². The van der Waals surface area contributed by atoms with E-state index in [1.54, 1.807) is 6.20 Å². The number of allylic oxidation sites excluding steroid dienone is 11. The van der Waals surface area contributed by atoms with Crippen LogP contribution in [0.1, 0.15) is 32.9 Å². The van der Waals surface area contributed by atoms with Crippen molar-refractivity contribution in [3.05, 3.63) is 96.9 Å². The standard InChI is InChI=1S/C15H17N.C7H10/c1-4-8-14(9-5-2)12-13(3)15-10-6-7-11-16-15;1-7-5-3-2-4-6-7/h4-12H,3H2,1-2H3;2-5,7H,6H2,1H3/b8-4-,9-5+,14-12?;. The fraction of sp³-hybridized carbons (Fsp3) is 0.227. The molecule has 23 heavy (non-hydrogen) atoms. The largest absolute Gasteiger partial charge is 0.256 e. The summed E-state index contributed by atoms with van der Waals surface area (Å²) in [4.78, 5) is 4.26. The van der Waals surface area contributed by atoms with Gasteiger partial charge in [-0.3, -0.25) is 4.98 Å². The Labute approximate surface area is 141 Å². The van der Waals surface area contributed by atoms with Gasteiger partial charge in [0.25, 0.3) is 0 Å². The molecule has 1 unspecified atom stereocenters. The maximum absolute atomic E-state index is 4.26. The van der Waals surface area contributed by atoms with Crippen molar-refractivity contribution in [1.29, 1.82) is 0 Å². The molecule has 0 amide bonds. The average molecular weight is 305 g/mol. The Bertz CT molecular complexity index is 599. The predicted molar refractivity (Wildman–Crippen MR) is 103 cm³/mol. The van der Waals surface area contributed by atoms with Gasteiger partial charge in [0.05, 0.1) is 5.69 Å². The summed E-state index contributed by atoms with van der Waals surface area (Å²) >= 11 is 0. The summed E-state index contributed by atoms with van der Waals surface area (Å²) in [7, 11) is 0. The van der Waals surface area contributed by atoms with E-state index in [9.17, 15) is 0 Å². The van der Waals surface area contributed by atoms with E-state index in [1.165, 1.54) is 6.42 Å². The van der Waals surface area contributed by atoms with Crippen molar-refractivity contribution >= 4 is 5.57 Å². The highest BCUT2D eigenvalue weighted by Crippen LogP contribution is 2.14. The fourth-order valence-corrected chi connectivity index (χ4v) is 2.07. The summed E-state index contributed by atoms with van der Waals surface area (Å²) in [5.74, 6) is 0.769. The molecule has 0 N–H and O–H groups in total. The van der Waals surface area contributed by atoms with Crippen LogP contribution in [0, 0.1) is 5.92 Å². The quantitative estimate of drug-likeness (QED) is 0.594. The summed E-state index contributed by atoms with van der Waals surface area (Å²) in [5.41, 5.74) is 2.96. The molecule has 1 nitrogen and oxygen atoms in total. The molecule has 0 radical (unpaired) electrons. The second-order valence-corrected chi connectivity index (χ2v) is 5.41. The molecule has 1 heterocycles. The van der Waals surface area contributed by atoms with Crippen LogP contribution in [0.15, 0.2) is 91.2 Å². The van der Waals surface area contributed by atoms with Crippen molar-refractivity contribution in [3.63, 3.8) is 0 Å². The molecule has 0 aliphatic heterocycles. The molecule has 1 aromatic heterocycles. The van der Waals surface area contributed by atoms with E-state index in [-0.39, 0.29) is 0 Å². The maximum atomic E-state index is 4.26. The van der Waals surface area contributed by atoms with E-state index in [0.29, 0.717) is 0 Å². The smallest absolute Gasteiger partial charge is 0.0696 e. The van der Waals surface area contributed by atoms with Crippen LogP contribution in [0.25, 0.3) is 5.57 Å². The topological polar surface area (TPSA) is 12.9 Å². The molecular formula is C22H27N. The van der Waals surface area contributed by atoms with E-state index >= 15 is 0 Å². The molecule has 1 heteroatoms. The van der Waals surface area contributed by atoms with Crippen molar-refractivity contribution in [3.8, 4) is 0 Å². The number of aromatic nitrogens is 1. The molecule has 0 aromatic carbocycles. The summed E-state index contributed by atoms with van der Waals surface area (Å²) in [6, 6.07) is 5.83. The maximum Gasteiger partial charge on any atom is 0.0696 e. The van der Waals surface area contributed by atoms with Gasteiger partial charge in [-0.15, -0.1) is 0 Å². The summed E-state index contributed by atoms with van der Waals surface area (Å²) in [6.07, 6.45) is 21.8. The first kappa shape index (κ1) is 18.6. The van der Waals surface area contributed by atoms with Crippen molar-refractivity contribution < 1.29 is 0 Å². The first-order valence-electron chi connectivity index (χ1n) is 8.08. The molecule has 120 valence electrons. The average Bonchev–Trinajstić information content (AvgIpc) is 2.57.